The van der Waals surface area contributed by atoms with E-state index >= 15 is 0 Å². The average Bonchev–Trinajstić information content (AvgIpc) is 3.21. The number of carbonyl (C=O) groups excluding carboxylic acids is 2. The normalized spacial score (nSPS) is 41.2. The number of nitrogens with one attached hydrogen (secondary N) is 1. The number of cyclic esters (lactones) is 1. The van der Waals surface area contributed by atoms with Crippen molar-refractivity contribution in [3.8, 4) is 0 Å². The highest BCUT2D eigenvalue weighted by atomic mass is 35.5. The molecule has 3 heterocycles. The van der Waals surface area contributed by atoms with E-state index in [0.717, 1.165) is 0 Å². The number of carbonyl (C=O) groups is 2. The van der Waals surface area contributed by atoms with E-state index in [0.29, 0.717) is 49.4 Å². The molecule has 3 aliphatic heterocycles. The van der Waals surface area contributed by atoms with E-state index in [1.54, 1.807) is 52.1 Å². The molecule has 4 rings (SSSR count). The molecule has 4 N–H and O–H groups in total. The van der Waals surface area contributed by atoms with Gasteiger partial charge in [0.15, 0.2) is 12.6 Å². The molecule has 0 aliphatic carbocycles. The third-order valence-electron chi connectivity index (χ3n) is 13.9. The van der Waals surface area contributed by atoms with Gasteiger partial charge in [0.2, 0.25) is 0 Å². The van der Waals surface area contributed by atoms with Crippen LogP contribution in [-0.2, 0) is 38.0 Å². The molecule has 0 saturated carbocycles. The lowest BCUT2D eigenvalue weighted by atomic mass is 9.77. The third kappa shape index (κ3) is 14.0. The van der Waals surface area contributed by atoms with Gasteiger partial charge in [0.25, 0.3) is 5.91 Å². The van der Waals surface area contributed by atoms with Gasteiger partial charge in [-0.15, -0.1) is 0 Å². The Morgan fingerprint density at radius 2 is 1.62 bits per heavy atom. The summed E-state index contributed by atoms with van der Waals surface area (Å²) >= 11 is 6.01. The van der Waals surface area contributed by atoms with Crippen molar-refractivity contribution in [2.75, 3.05) is 47.9 Å². The van der Waals surface area contributed by atoms with Gasteiger partial charge in [-0.3, -0.25) is 9.59 Å². The van der Waals surface area contributed by atoms with Crippen molar-refractivity contribution in [2.45, 2.75) is 192 Å². The lowest BCUT2D eigenvalue weighted by Crippen LogP contribution is -2.60. The Bertz CT molecular complexity index is 1620. The van der Waals surface area contributed by atoms with E-state index in [9.17, 15) is 24.9 Å². The van der Waals surface area contributed by atoms with Crippen molar-refractivity contribution in [2.24, 2.45) is 17.8 Å². The van der Waals surface area contributed by atoms with Gasteiger partial charge in [-0.2, -0.15) is 0 Å². The van der Waals surface area contributed by atoms with E-state index in [4.69, 9.17) is 44.8 Å². The molecule has 10 unspecified atom stereocenters. The highest BCUT2D eigenvalue weighted by Gasteiger charge is 2.52. The van der Waals surface area contributed by atoms with Crippen molar-refractivity contribution in [1.82, 2.24) is 15.1 Å². The van der Waals surface area contributed by atoms with Gasteiger partial charge >= 0.3 is 5.97 Å². The maximum absolute atomic E-state index is 14.5. The highest BCUT2D eigenvalue weighted by molar-refractivity contribution is 6.30. The van der Waals surface area contributed by atoms with Crippen molar-refractivity contribution < 1.29 is 58.1 Å². The SMILES string of the molecule is CC[C@H]1OC(=O)C(C)[C@@H](O[C@H]2CC(C)(OC)CC(C)O2)[C@H](C)[C@@H](OC2OC(C)CC(N(C)C)[C@H]2OCCCNC(=O)c2ccc(Cl)cc2)C(C)(O)C[C@@H](C)CN(C)C(C)C(O)C1(C)O. The zero-order chi connectivity index (χ0) is 47.9. The first-order chi connectivity index (χ1) is 29.8. The van der Waals surface area contributed by atoms with Crippen LogP contribution in [0.25, 0.3) is 0 Å². The minimum absolute atomic E-state index is 0.135. The van der Waals surface area contributed by atoms with Crippen molar-refractivity contribution >= 4 is 23.5 Å². The average molecular weight is 929 g/mol. The van der Waals surface area contributed by atoms with E-state index in [1.165, 1.54) is 6.92 Å². The lowest BCUT2D eigenvalue weighted by Gasteiger charge is -2.49. The number of hydrogen-bond acceptors (Lipinski definition) is 14. The fourth-order valence-electron chi connectivity index (χ4n) is 10.2. The Hall–Kier alpha value is -1.99. The van der Waals surface area contributed by atoms with Crippen LogP contribution in [0, 0.1) is 17.8 Å². The van der Waals surface area contributed by atoms with Gasteiger partial charge in [0.05, 0.1) is 41.5 Å². The summed E-state index contributed by atoms with van der Waals surface area (Å²) in [6, 6.07) is 6.03. The Labute approximate surface area is 388 Å². The summed E-state index contributed by atoms with van der Waals surface area (Å²) in [7, 11) is 7.50. The molecule has 15 nitrogen and oxygen atoms in total. The molecule has 1 aromatic rings. The van der Waals surface area contributed by atoms with Gasteiger partial charge in [0.1, 0.15) is 23.9 Å². The first-order valence-electron chi connectivity index (χ1n) is 23.4. The van der Waals surface area contributed by atoms with Crippen LogP contribution in [0.4, 0.5) is 0 Å². The molecule has 3 fully saturated rings. The number of benzene rings is 1. The Morgan fingerprint density at radius 3 is 2.23 bits per heavy atom. The monoisotopic (exact) mass is 928 g/mol. The van der Waals surface area contributed by atoms with Crippen molar-refractivity contribution in [3.05, 3.63) is 34.9 Å². The van der Waals surface area contributed by atoms with Crippen LogP contribution >= 0.6 is 11.6 Å². The number of amides is 1. The summed E-state index contributed by atoms with van der Waals surface area (Å²) in [5.41, 5.74) is -3.39. The number of halogens is 1. The zero-order valence-corrected chi connectivity index (χ0v) is 41.8. The predicted molar refractivity (Wildman–Crippen MR) is 245 cm³/mol. The lowest BCUT2D eigenvalue weighted by molar-refractivity contribution is -0.315. The second-order valence-corrected chi connectivity index (χ2v) is 20.6. The number of aliphatic hydroxyl groups excluding tert-OH is 1. The molecular formula is C48H82ClN3O12. The predicted octanol–water partition coefficient (Wildman–Crippen LogP) is 5.43. The molecular weight excluding hydrogens is 846 g/mol. The molecule has 64 heavy (non-hydrogen) atoms. The maximum Gasteiger partial charge on any atom is 0.311 e. The summed E-state index contributed by atoms with van der Waals surface area (Å²) in [6.07, 6.45) is -4.41. The molecule has 0 aromatic heterocycles. The van der Waals surface area contributed by atoms with E-state index in [-0.39, 0.29) is 49.5 Å². The molecule has 3 aliphatic rings. The van der Waals surface area contributed by atoms with Crippen LogP contribution in [0.5, 0.6) is 0 Å². The molecule has 0 bridgehead atoms. The molecule has 0 radical (unpaired) electrons. The Kier molecular flexibility index (Phi) is 19.9. The van der Waals surface area contributed by atoms with Gasteiger partial charge in [-0.1, -0.05) is 32.4 Å². The summed E-state index contributed by atoms with van der Waals surface area (Å²) in [6.45, 7) is 19.6. The number of esters is 1. The molecule has 368 valence electrons. The summed E-state index contributed by atoms with van der Waals surface area (Å²) in [5, 5.41) is 39.9. The van der Waals surface area contributed by atoms with Crippen molar-refractivity contribution in [1.29, 1.82) is 0 Å². The van der Waals surface area contributed by atoms with Gasteiger partial charge < -0.3 is 63.6 Å². The number of methoxy groups -OCH3 is 1. The number of hydrogen-bond donors (Lipinski definition) is 4. The summed E-state index contributed by atoms with van der Waals surface area (Å²) < 4.78 is 45.8. The topological polar surface area (TPSA) is 178 Å². The number of ether oxygens (including phenoxy) is 7. The Morgan fingerprint density at radius 1 is 0.969 bits per heavy atom. The molecule has 17 atom stereocenters. The minimum atomic E-state index is -1.79. The van der Waals surface area contributed by atoms with Gasteiger partial charge in [-0.05, 0) is 125 Å². The maximum atomic E-state index is 14.5. The quantitative estimate of drug-likeness (QED) is 0.146. The molecule has 1 aromatic carbocycles. The third-order valence-corrected chi connectivity index (χ3v) is 14.2. The molecule has 3 saturated heterocycles. The second kappa shape index (κ2) is 23.3. The van der Waals surface area contributed by atoms with Crippen LogP contribution in [0.15, 0.2) is 24.3 Å². The first kappa shape index (κ1) is 54.6. The van der Waals surface area contributed by atoms with Crippen LogP contribution in [0.2, 0.25) is 5.02 Å². The number of nitrogens with zero attached hydrogens (tertiary/aromatic N) is 2. The fraction of sp³-hybridized carbons (Fsp3) is 0.833. The van der Waals surface area contributed by atoms with Crippen LogP contribution in [-0.4, -0.2) is 169 Å². The number of likely N-dealkylation sites (N-methyl/N-ethyl adjacent to an activating group) is 2. The van der Waals surface area contributed by atoms with Crippen LogP contribution in [0.1, 0.15) is 118 Å². The van der Waals surface area contributed by atoms with Crippen LogP contribution in [0.3, 0.4) is 0 Å². The van der Waals surface area contributed by atoms with E-state index < -0.39 is 83.7 Å². The largest absolute Gasteiger partial charge is 0.459 e. The molecule has 16 heteroatoms. The zero-order valence-electron chi connectivity index (χ0n) is 41.0. The van der Waals surface area contributed by atoms with Crippen molar-refractivity contribution in [3.63, 3.8) is 0 Å². The number of rotatable bonds is 13. The second-order valence-electron chi connectivity index (χ2n) is 20.1. The van der Waals surface area contributed by atoms with Gasteiger partial charge in [-0.25, -0.2) is 0 Å². The fourth-order valence-corrected chi connectivity index (χ4v) is 10.3. The molecule has 0 spiro atoms. The minimum Gasteiger partial charge on any atom is -0.459 e. The van der Waals surface area contributed by atoms with E-state index in [1.807, 2.05) is 67.6 Å². The standard InChI is InChI=1S/C48H82ClN3O12/c1-15-37-48(10,57)41(53)33(7)52(13)27-28(2)24-47(9,56)42(31(5)39(32(6)44(55)62-37)63-38-26-46(8,58-14)25-30(4)60-38)64-45-40(36(51(11)12)23-29(3)61-45)59-22-16-21-50-43(54)34-17-19-35(49)20-18-34/h17-20,28-33,36-42,45,53,56-57H,15-16,21-27H2,1-14H3,(H,50,54)/t28-,29?,30?,31+,32?,33?,36?,37-,38+,39+,40-,41?,42-,45?,46?,47?,48?/m1/s1. The summed E-state index contributed by atoms with van der Waals surface area (Å²) in [5.74, 6) is -2.66. The smallest absolute Gasteiger partial charge is 0.311 e. The van der Waals surface area contributed by atoms with E-state index in [2.05, 4.69) is 10.2 Å². The van der Waals surface area contributed by atoms with Gasteiger partial charge in [0, 0.05) is 68.2 Å². The molecule has 1 amide bonds. The highest BCUT2D eigenvalue weighted by Crippen LogP contribution is 2.40. The van der Waals surface area contributed by atoms with Crippen LogP contribution < -0.4 is 5.32 Å². The Balaban J connectivity index is 1.74. The first-order valence-corrected chi connectivity index (χ1v) is 23.7. The summed E-state index contributed by atoms with van der Waals surface area (Å²) in [4.78, 5) is 31.3. The number of aliphatic hydroxyl groups is 3.